The lowest BCUT2D eigenvalue weighted by Crippen LogP contribution is -2.24. The van der Waals surface area contributed by atoms with Crippen LogP contribution >= 0.6 is 0 Å². The minimum atomic E-state index is -4.68. The first-order chi connectivity index (χ1) is 9.16. The molecule has 20 heavy (non-hydrogen) atoms. The van der Waals surface area contributed by atoms with E-state index in [0.717, 1.165) is 18.6 Å². The van der Waals surface area contributed by atoms with E-state index in [1.54, 1.807) is 11.9 Å². The monoisotopic (exact) mass is 289 g/mol. The number of aromatic carboxylic acids is 1. The zero-order chi connectivity index (χ0) is 15.5. The third kappa shape index (κ3) is 3.88. The molecular weight excluding hydrogens is 271 g/mol. The summed E-state index contributed by atoms with van der Waals surface area (Å²) in [4.78, 5) is 12.6. The number of rotatable bonds is 5. The van der Waals surface area contributed by atoms with Gasteiger partial charge in [-0.3, -0.25) is 0 Å². The summed E-state index contributed by atoms with van der Waals surface area (Å²) in [6.45, 7) is 4.63. The Bertz CT molecular complexity index is 486. The lowest BCUT2D eigenvalue weighted by atomic mass is 10.0. The Labute approximate surface area is 116 Å². The summed E-state index contributed by atoms with van der Waals surface area (Å²) in [5, 5.41) is 8.83. The van der Waals surface area contributed by atoms with Gasteiger partial charge in [-0.15, -0.1) is 0 Å². The molecular formula is C14H18F3NO2. The molecule has 0 amide bonds. The van der Waals surface area contributed by atoms with Gasteiger partial charge in [-0.25, -0.2) is 4.79 Å². The Balaban J connectivity index is 3.16. The summed E-state index contributed by atoms with van der Waals surface area (Å²) in [5.41, 5.74) is -1.47. The maximum atomic E-state index is 12.9. The van der Waals surface area contributed by atoms with Crippen molar-refractivity contribution in [3.8, 4) is 0 Å². The first-order valence-electron chi connectivity index (χ1n) is 6.32. The Kier molecular flexibility index (Phi) is 5.03. The van der Waals surface area contributed by atoms with Crippen LogP contribution in [0.15, 0.2) is 18.2 Å². The van der Waals surface area contributed by atoms with E-state index in [4.69, 9.17) is 5.11 Å². The molecule has 0 saturated heterocycles. The average molecular weight is 289 g/mol. The first kappa shape index (κ1) is 16.3. The molecule has 0 aliphatic heterocycles. The fraction of sp³-hybridized carbons (Fsp3) is 0.500. The smallest absolute Gasteiger partial charge is 0.417 e. The molecule has 0 aliphatic rings. The minimum Gasteiger partial charge on any atom is -0.478 e. The summed E-state index contributed by atoms with van der Waals surface area (Å²) in [7, 11) is 1.70. The highest BCUT2D eigenvalue weighted by Gasteiger charge is 2.35. The zero-order valence-electron chi connectivity index (χ0n) is 11.7. The van der Waals surface area contributed by atoms with E-state index in [-0.39, 0.29) is 0 Å². The van der Waals surface area contributed by atoms with Crippen LogP contribution in [0, 0.1) is 5.92 Å². The predicted molar refractivity (Wildman–Crippen MR) is 71.1 cm³/mol. The maximum absolute atomic E-state index is 12.9. The minimum absolute atomic E-state index is 0.341. The highest BCUT2D eigenvalue weighted by Crippen LogP contribution is 2.34. The lowest BCUT2D eigenvalue weighted by molar-refractivity contribution is -0.138. The van der Waals surface area contributed by atoms with Crippen LogP contribution in [0.2, 0.25) is 0 Å². The highest BCUT2D eigenvalue weighted by atomic mass is 19.4. The van der Waals surface area contributed by atoms with Crippen molar-refractivity contribution in [1.82, 2.24) is 0 Å². The van der Waals surface area contributed by atoms with Gasteiger partial charge in [-0.2, -0.15) is 13.2 Å². The van der Waals surface area contributed by atoms with Crippen molar-refractivity contribution < 1.29 is 23.1 Å². The second-order valence-corrected chi connectivity index (χ2v) is 4.93. The van der Waals surface area contributed by atoms with E-state index < -0.39 is 23.3 Å². The van der Waals surface area contributed by atoms with Crippen LogP contribution in [0.5, 0.6) is 0 Å². The molecule has 1 N–H and O–H groups in total. The Hall–Kier alpha value is -1.72. The number of halogens is 3. The standard InChI is InChI=1S/C14H18F3NO2/c1-4-9(2)8-18(3)10-5-6-11(13(19)20)12(7-10)14(15,16)17/h5-7,9H,4,8H2,1-3H3,(H,19,20). The van der Waals surface area contributed by atoms with E-state index in [1.807, 2.05) is 13.8 Å². The maximum Gasteiger partial charge on any atom is 0.417 e. The van der Waals surface area contributed by atoms with Crippen LogP contribution in [0.3, 0.4) is 0 Å². The molecule has 0 aromatic heterocycles. The average Bonchev–Trinajstić information content (AvgIpc) is 2.36. The normalized spacial score (nSPS) is 13.1. The number of carboxylic acid groups (broad SMARTS) is 1. The topological polar surface area (TPSA) is 40.5 Å². The molecule has 0 heterocycles. The SMILES string of the molecule is CCC(C)CN(C)c1ccc(C(=O)O)c(C(F)(F)F)c1. The molecule has 6 heteroatoms. The van der Waals surface area contributed by atoms with E-state index in [1.165, 1.54) is 6.07 Å². The number of hydrogen-bond acceptors (Lipinski definition) is 2. The van der Waals surface area contributed by atoms with Gasteiger partial charge in [0.05, 0.1) is 11.1 Å². The third-order valence-corrected chi connectivity index (χ3v) is 3.26. The van der Waals surface area contributed by atoms with Gasteiger partial charge < -0.3 is 10.0 Å². The van der Waals surface area contributed by atoms with Crippen molar-refractivity contribution in [2.24, 2.45) is 5.92 Å². The van der Waals surface area contributed by atoms with Gasteiger partial charge in [0, 0.05) is 19.3 Å². The second kappa shape index (κ2) is 6.15. The Morgan fingerprint density at radius 3 is 2.45 bits per heavy atom. The van der Waals surface area contributed by atoms with E-state index in [2.05, 4.69) is 0 Å². The number of alkyl halides is 3. The zero-order valence-corrected chi connectivity index (χ0v) is 11.7. The number of carbonyl (C=O) groups is 1. The summed E-state index contributed by atoms with van der Waals surface area (Å²) in [6.07, 6.45) is -3.76. The number of benzene rings is 1. The highest BCUT2D eigenvalue weighted by molar-refractivity contribution is 5.90. The van der Waals surface area contributed by atoms with E-state index >= 15 is 0 Å². The van der Waals surface area contributed by atoms with Crippen LogP contribution in [-0.4, -0.2) is 24.7 Å². The summed E-state index contributed by atoms with van der Waals surface area (Å²) >= 11 is 0. The van der Waals surface area contributed by atoms with Gasteiger partial charge in [0.15, 0.2) is 0 Å². The molecule has 0 spiro atoms. The molecule has 0 aliphatic carbocycles. The van der Waals surface area contributed by atoms with Crippen molar-refractivity contribution >= 4 is 11.7 Å². The van der Waals surface area contributed by atoms with E-state index in [9.17, 15) is 18.0 Å². The van der Waals surface area contributed by atoms with Crippen LogP contribution < -0.4 is 4.90 Å². The van der Waals surface area contributed by atoms with Gasteiger partial charge in [-0.05, 0) is 24.1 Å². The van der Waals surface area contributed by atoms with Crippen molar-refractivity contribution in [3.63, 3.8) is 0 Å². The number of anilines is 1. The molecule has 0 saturated carbocycles. The van der Waals surface area contributed by atoms with Crippen LogP contribution in [0.4, 0.5) is 18.9 Å². The van der Waals surface area contributed by atoms with Gasteiger partial charge in [0.1, 0.15) is 0 Å². The van der Waals surface area contributed by atoms with Gasteiger partial charge >= 0.3 is 12.1 Å². The second-order valence-electron chi connectivity index (χ2n) is 4.93. The summed E-state index contributed by atoms with van der Waals surface area (Å²) in [5.74, 6) is -1.23. The molecule has 3 nitrogen and oxygen atoms in total. The molecule has 112 valence electrons. The molecule has 0 radical (unpaired) electrons. The van der Waals surface area contributed by atoms with Crippen molar-refractivity contribution in [2.45, 2.75) is 26.4 Å². The fourth-order valence-corrected chi connectivity index (χ4v) is 1.89. The molecule has 1 rings (SSSR count). The fourth-order valence-electron chi connectivity index (χ4n) is 1.89. The molecule has 1 unspecified atom stereocenters. The Morgan fingerprint density at radius 1 is 1.40 bits per heavy atom. The lowest BCUT2D eigenvalue weighted by Gasteiger charge is -2.24. The van der Waals surface area contributed by atoms with Crippen LogP contribution in [0.1, 0.15) is 36.2 Å². The number of nitrogens with zero attached hydrogens (tertiary/aromatic N) is 1. The van der Waals surface area contributed by atoms with Gasteiger partial charge in [0.25, 0.3) is 0 Å². The Morgan fingerprint density at radius 2 is 2.00 bits per heavy atom. The molecule has 0 bridgehead atoms. The summed E-state index contributed by atoms with van der Waals surface area (Å²) in [6, 6.07) is 3.31. The van der Waals surface area contributed by atoms with Crippen LogP contribution in [0.25, 0.3) is 0 Å². The van der Waals surface area contributed by atoms with Crippen molar-refractivity contribution in [1.29, 1.82) is 0 Å². The van der Waals surface area contributed by atoms with Crippen LogP contribution in [-0.2, 0) is 6.18 Å². The summed E-state index contributed by atoms with van der Waals surface area (Å²) < 4.78 is 38.7. The quantitative estimate of drug-likeness (QED) is 0.894. The van der Waals surface area contributed by atoms with Crippen molar-refractivity contribution in [3.05, 3.63) is 29.3 Å². The number of carboxylic acids is 1. The molecule has 1 aromatic carbocycles. The molecule has 1 atom stereocenters. The third-order valence-electron chi connectivity index (χ3n) is 3.26. The van der Waals surface area contributed by atoms with E-state index in [0.29, 0.717) is 18.2 Å². The number of hydrogen-bond donors (Lipinski definition) is 1. The van der Waals surface area contributed by atoms with Crippen molar-refractivity contribution in [2.75, 3.05) is 18.5 Å². The van der Waals surface area contributed by atoms with Gasteiger partial charge in [0.2, 0.25) is 0 Å². The molecule has 0 fully saturated rings. The van der Waals surface area contributed by atoms with Gasteiger partial charge in [-0.1, -0.05) is 20.3 Å². The molecule has 1 aromatic rings. The first-order valence-corrected chi connectivity index (χ1v) is 6.32. The predicted octanol–water partition coefficient (Wildman–Crippen LogP) is 3.89. The largest absolute Gasteiger partial charge is 0.478 e.